The lowest BCUT2D eigenvalue weighted by Gasteiger charge is -2.31. The minimum absolute atomic E-state index is 0.0989. The molecule has 0 N–H and O–H groups in total. The summed E-state index contributed by atoms with van der Waals surface area (Å²) in [6.45, 7) is 4.58. The van der Waals surface area contributed by atoms with Crippen LogP contribution in [0.5, 0.6) is 0 Å². The Morgan fingerprint density at radius 3 is 3.04 bits per heavy atom. The van der Waals surface area contributed by atoms with Gasteiger partial charge in [-0.2, -0.15) is 0 Å². The third-order valence-electron chi connectivity index (χ3n) is 6.32. The fraction of sp³-hybridized carbons (Fsp3) is 0.550. The minimum atomic E-state index is -0.553. The van der Waals surface area contributed by atoms with Crippen molar-refractivity contribution in [1.29, 1.82) is 0 Å². The zero-order valence-electron chi connectivity index (χ0n) is 15.6. The van der Waals surface area contributed by atoms with Gasteiger partial charge >= 0.3 is 0 Å². The van der Waals surface area contributed by atoms with Crippen molar-refractivity contribution in [3.63, 3.8) is 0 Å². The highest BCUT2D eigenvalue weighted by molar-refractivity contribution is 5.85. The van der Waals surface area contributed by atoms with Crippen LogP contribution in [0.3, 0.4) is 0 Å². The number of nitrogens with zero attached hydrogens (tertiary/aromatic N) is 4. The van der Waals surface area contributed by atoms with Crippen molar-refractivity contribution in [2.45, 2.75) is 50.9 Å². The molecule has 0 radical (unpaired) electrons. The lowest BCUT2D eigenvalue weighted by atomic mass is 10.1. The van der Waals surface area contributed by atoms with Gasteiger partial charge in [0, 0.05) is 38.9 Å². The molecule has 0 unspecified atom stereocenters. The van der Waals surface area contributed by atoms with Crippen LogP contribution in [0.1, 0.15) is 32.0 Å². The van der Waals surface area contributed by atoms with E-state index in [-0.39, 0.29) is 17.9 Å². The quantitative estimate of drug-likeness (QED) is 0.821. The smallest absolute Gasteiger partial charge is 0.227 e. The molecule has 3 aliphatic heterocycles. The van der Waals surface area contributed by atoms with Crippen molar-refractivity contribution in [3.05, 3.63) is 30.1 Å². The molecular weight excluding hydrogens is 344 g/mol. The summed E-state index contributed by atoms with van der Waals surface area (Å²) in [4.78, 5) is 33.7. The molecule has 7 heteroatoms. The van der Waals surface area contributed by atoms with Gasteiger partial charge in [0.05, 0.1) is 30.1 Å². The zero-order chi connectivity index (χ0) is 18.6. The maximum atomic E-state index is 13.0. The molecule has 0 aliphatic carbocycles. The first-order chi connectivity index (χ1) is 13.1. The molecule has 27 heavy (non-hydrogen) atoms. The molecule has 2 atom stereocenters. The number of hydrogen-bond acceptors (Lipinski definition) is 4. The second kappa shape index (κ2) is 6.05. The monoisotopic (exact) mass is 368 g/mol. The van der Waals surface area contributed by atoms with Crippen LogP contribution in [-0.4, -0.2) is 62.6 Å². The molecule has 1 aromatic heterocycles. The summed E-state index contributed by atoms with van der Waals surface area (Å²) in [5.41, 5.74) is 1.49. The van der Waals surface area contributed by atoms with Gasteiger partial charge < -0.3 is 19.1 Å². The van der Waals surface area contributed by atoms with E-state index in [1.807, 2.05) is 28.0 Å². The van der Waals surface area contributed by atoms with Crippen LogP contribution in [0.25, 0.3) is 11.0 Å². The van der Waals surface area contributed by atoms with Crippen molar-refractivity contribution in [3.8, 4) is 0 Å². The van der Waals surface area contributed by atoms with E-state index in [4.69, 9.17) is 4.74 Å². The SMILES string of the molecule is CCc1nc2ccccc2n1CCC(=O)N1CC[C@@]23OCCN2C(=O)C[C@@H]13. The van der Waals surface area contributed by atoms with Gasteiger partial charge in [0.15, 0.2) is 5.72 Å². The first-order valence-corrected chi connectivity index (χ1v) is 9.82. The summed E-state index contributed by atoms with van der Waals surface area (Å²) < 4.78 is 8.13. The number of rotatable bonds is 4. The summed E-state index contributed by atoms with van der Waals surface area (Å²) >= 11 is 0. The Labute approximate surface area is 157 Å². The normalized spacial score (nSPS) is 26.9. The Morgan fingerprint density at radius 2 is 2.19 bits per heavy atom. The molecule has 4 heterocycles. The predicted molar refractivity (Wildman–Crippen MR) is 98.9 cm³/mol. The predicted octanol–water partition coefficient (Wildman–Crippen LogP) is 1.55. The number of imidazole rings is 1. The van der Waals surface area contributed by atoms with Crippen molar-refractivity contribution in [2.75, 3.05) is 19.7 Å². The van der Waals surface area contributed by atoms with Crippen molar-refractivity contribution >= 4 is 22.8 Å². The number of hydrogen-bond donors (Lipinski definition) is 0. The highest BCUT2D eigenvalue weighted by Gasteiger charge is 2.62. The van der Waals surface area contributed by atoms with Crippen molar-refractivity contribution in [2.24, 2.45) is 0 Å². The standard InChI is InChI=1S/C20H24N4O3/c1-2-17-21-14-5-3-4-6-15(14)22(17)9-7-18(25)23-10-8-20-16(23)13-19(26)24(20)11-12-27-20/h3-6,16H,2,7-13H2,1H3/t16-,20+/m1/s1. The lowest BCUT2D eigenvalue weighted by molar-refractivity contribution is -0.139. The van der Waals surface area contributed by atoms with Crippen LogP contribution >= 0.6 is 0 Å². The second-order valence-electron chi connectivity index (χ2n) is 7.57. The molecule has 0 saturated carbocycles. The molecule has 7 nitrogen and oxygen atoms in total. The minimum Gasteiger partial charge on any atom is -0.351 e. The third-order valence-corrected chi connectivity index (χ3v) is 6.32. The van der Waals surface area contributed by atoms with E-state index in [2.05, 4.69) is 22.5 Å². The molecule has 2 amide bonds. The van der Waals surface area contributed by atoms with Gasteiger partial charge in [-0.25, -0.2) is 4.98 Å². The first-order valence-electron chi connectivity index (χ1n) is 9.82. The molecule has 142 valence electrons. The average molecular weight is 368 g/mol. The van der Waals surface area contributed by atoms with E-state index in [0.29, 0.717) is 39.1 Å². The summed E-state index contributed by atoms with van der Waals surface area (Å²) in [5, 5.41) is 0. The number of aromatic nitrogens is 2. The molecule has 3 saturated heterocycles. The summed E-state index contributed by atoms with van der Waals surface area (Å²) in [5.74, 6) is 1.22. The summed E-state index contributed by atoms with van der Waals surface area (Å²) in [7, 11) is 0. The van der Waals surface area contributed by atoms with Gasteiger partial charge in [-0.15, -0.1) is 0 Å². The molecule has 3 fully saturated rings. The van der Waals surface area contributed by atoms with Gasteiger partial charge in [0.1, 0.15) is 5.82 Å². The van der Waals surface area contributed by atoms with Gasteiger partial charge in [-0.3, -0.25) is 9.59 Å². The van der Waals surface area contributed by atoms with E-state index in [1.54, 1.807) is 0 Å². The zero-order valence-corrected chi connectivity index (χ0v) is 15.6. The summed E-state index contributed by atoms with van der Waals surface area (Å²) in [6, 6.07) is 7.91. The van der Waals surface area contributed by atoms with Crippen molar-refractivity contribution < 1.29 is 14.3 Å². The Kier molecular flexibility index (Phi) is 3.75. The number of benzene rings is 1. The Hall–Kier alpha value is -2.41. The van der Waals surface area contributed by atoms with Crippen LogP contribution in [-0.2, 0) is 27.3 Å². The van der Waals surface area contributed by atoms with E-state index in [0.717, 1.165) is 29.7 Å². The molecule has 1 spiro atoms. The van der Waals surface area contributed by atoms with Crippen LogP contribution in [0.15, 0.2) is 24.3 Å². The maximum Gasteiger partial charge on any atom is 0.227 e. The fourth-order valence-corrected chi connectivity index (χ4v) is 5.09. The van der Waals surface area contributed by atoms with Gasteiger partial charge in [-0.1, -0.05) is 19.1 Å². The molecule has 2 aromatic rings. The van der Waals surface area contributed by atoms with E-state index < -0.39 is 5.72 Å². The largest absolute Gasteiger partial charge is 0.351 e. The van der Waals surface area contributed by atoms with Crippen LogP contribution in [0.4, 0.5) is 0 Å². The van der Waals surface area contributed by atoms with Gasteiger partial charge in [0.2, 0.25) is 11.8 Å². The van der Waals surface area contributed by atoms with Crippen LogP contribution in [0.2, 0.25) is 0 Å². The molecule has 3 aliphatic rings. The number of ether oxygens (including phenoxy) is 1. The number of amides is 2. The van der Waals surface area contributed by atoms with Crippen molar-refractivity contribution in [1.82, 2.24) is 19.4 Å². The van der Waals surface area contributed by atoms with Crippen LogP contribution < -0.4 is 0 Å². The van der Waals surface area contributed by atoms with E-state index in [1.165, 1.54) is 0 Å². The Balaban J connectivity index is 1.34. The fourth-order valence-electron chi connectivity index (χ4n) is 5.09. The first kappa shape index (κ1) is 16.7. The molecule has 0 bridgehead atoms. The maximum absolute atomic E-state index is 13.0. The number of carbonyl (C=O) groups excluding carboxylic acids is 2. The Morgan fingerprint density at radius 1 is 1.33 bits per heavy atom. The third kappa shape index (κ3) is 2.34. The van der Waals surface area contributed by atoms with Gasteiger partial charge in [-0.05, 0) is 12.1 Å². The summed E-state index contributed by atoms with van der Waals surface area (Å²) in [6.07, 6.45) is 2.35. The average Bonchev–Trinajstić information content (AvgIpc) is 3.40. The lowest BCUT2D eigenvalue weighted by Crippen LogP contribution is -2.48. The number of aryl methyl sites for hydroxylation is 2. The Bertz CT molecular complexity index is 923. The highest BCUT2D eigenvalue weighted by Crippen LogP contribution is 2.45. The number of likely N-dealkylation sites (tertiary alicyclic amines) is 1. The molecule has 1 aromatic carbocycles. The van der Waals surface area contributed by atoms with Gasteiger partial charge in [0.25, 0.3) is 0 Å². The molecular formula is C20H24N4O3. The second-order valence-corrected chi connectivity index (χ2v) is 7.57. The highest BCUT2D eigenvalue weighted by atomic mass is 16.5. The van der Waals surface area contributed by atoms with E-state index in [9.17, 15) is 9.59 Å². The van der Waals surface area contributed by atoms with E-state index >= 15 is 0 Å². The van der Waals surface area contributed by atoms with Crippen LogP contribution in [0, 0.1) is 0 Å². The number of para-hydroxylation sites is 2. The topological polar surface area (TPSA) is 67.7 Å². The number of carbonyl (C=O) groups is 2. The molecule has 5 rings (SSSR count). The number of fused-ring (bicyclic) bond motifs is 1.